The van der Waals surface area contributed by atoms with E-state index in [0.717, 1.165) is 37.0 Å². The van der Waals surface area contributed by atoms with Crippen LogP contribution in [-0.4, -0.2) is 42.1 Å². The molecule has 1 aliphatic heterocycles. The van der Waals surface area contributed by atoms with Gasteiger partial charge >= 0.3 is 0 Å². The molecular formula is C17H22FN3O. The van der Waals surface area contributed by atoms with Gasteiger partial charge in [0, 0.05) is 31.2 Å². The molecule has 1 fully saturated rings. The highest BCUT2D eigenvalue weighted by Gasteiger charge is 2.24. The number of halogens is 1. The number of likely N-dealkylation sites (tertiary alicyclic amines) is 1. The summed E-state index contributed by atoms with van der Waals surface area (Å²) in [6, 6.07) is 5.51. The molecule has 5 heteroatoms. The lowest BCUT2D eigenvalue weighted by Crippen LogP contribution is -2.42. The van der Waals surface area contributed by atoms with Crippen LogP contribution < -0.4 is 5.32 Å². The largest absolute Gasteiger partial charge is 0.358 e. The van der Waals surface area contributed by atoms with Crippen molar-refractivity contribution in [2.75, 3.05) is 26.7 Å². The number of amides is 1. The van der Waals surface area contributed by atoms with E-state index in [1.807, 2.05) is 25.3 Å². The second-order valence-electron chi connectivity index (χ2n) is 6.05. The summed E-state index contributed by atoms with van der Waals surface area (Å²) in [4.78, 5) is 13.7. The van der Waals surface area contributed by atoms with E-state index in [1.54, 1.807) is 7.05 Å². The molecule has 1 unspecified atom stereocenters. The van der Waals surface area contributed by atoms with Crippen LogP contribution in [0.2, 0.25) is 0 Å². The van der Waals surface area contributed by atoms with Gasteiger partial charge in [-0.05, 0) is 44.0 Å². The smallest absolute Gasteiger partial charge is 0.233 e. The minimum atomic E-state index is -0.169. The first-order valence-electron chi connectivity index (χ1n) is 7.78. The van der Waals surface area contributed by atoms with Gasteiger partial charge in [0.05, 0.1) is 12.1 Å². The molecule has 0 bridgehead atoms. The Balaban J connectivity index is 1.88. The average Bonchev–Trinajstić information content (AvgIpc) is 2.97. The highest BCUT2D eigenvalue weighted by molar-refractivity contribution is 5.84. The van der Waals surface area contributed by atoms with Gasteiger partial charge in [0.15, 0.2) is 0 Å². The molecule has 0 spiro atoms. The van der Waals surface area contributed by atoms with Crippen molar-refractivity contribution in [1.82, 2.24) is 14.8 Å². The Labute approximate surface area is 129 Å². The Bertz CT molecular complexity index is 695. The maximum absolute atomic E-state index is 14.0. The fourth-order valence-electron chi connectivity index (χ4n) is 3.41. The lowest BCUT2D eigenvalue weighted by molar-refractivity contribution is -0.122. The predicted octanol–water partition coefficient (Wildman–Crippen LogP) is 2.47. The van der Waals surface area contributed by atoms with Gasteiger partial charge in [-0.3, -0.25) is 9.69 Å². The minimum Gasteiger partial charge on any atom is -0.358 e. The van der Waals surface area contributed by atoms with Gasteiger partial charge < -0.3 is 9.88 Å². The Morgan fingerprint density at radius 2 is 2.23 bits per heavy atom. The number of aromatic nitrogens is 1. The number of hydrogen-bond donors (Lipinski definition) is 1. The standard InChI is InChI=1S/C17H22FN3O/c1-12-5-6-15(18)14-7-9-21(17(12)14)13-4-3-8-20(10-13)11-16(22)19-2/h5-7,9,13H,3-4,8,10-11H2,1-2H3,(H,19,22). The number of nitrogens with zero attached hydrogens (tertiary/aromatic N) is 2. The van der Waals surface area contributed by atoms with E-state index < -0.39 is 0 Å². The Morgan fingerprint density at radius 3 is 3.00 bits per heavy atom. The van der Waals surface area contributed by atoms with Crippen LogP contribution in [0.15, 0.2) is 24.4 Å². The van der Waals surface area contributed by atoms with Gasteiger partial charge in [-0.2, -0.15) is 0 Å². The first kappa shape index (κ1) is 15.0. The van der Waals surface area contributed by atoms with Gasteiger partial charge in [0.1, 0.15) is 5.82 Å². The van der Waals surface area contributed by atoms with Crippen LogP contribution in [0.1, 0.15) is 24.4 Å². The number of carbonyl (C=O) groups excluding carboxylic acids is 1. The van der Waals surface area contributed by atoms with Crippen molar-refractivity contribution >= 4 is 16.8 Å². The molecule has 0 aliphatic carbocycles. The molecule has 1 N–H and O–H groups in total. The zero-order chi connectivity index (χ0) is 15.7. The van der Waals surface area contributed by atoms with Crippen molar-refractivity contribution in [2.24, 2.45) is 0 Å². The second kappa shape index (κ2) is 6.08. The Morgan fingerprint density at radius 1 is 1.41 bits per heavy atom. The molecule has 2 aromatic rings. The number of aryl methyl sites for hydroxylation is 1. The third-order valence-electron chi connectivity index (χ3n) is 4.55. The topological polar surface area (TPSA) is 37.3 Å². The van der Waals surface area contributed by atoms with Crippen LogP contribution in [0.3, 0.4) is 0 Å². The van der Waals surface area contributed by atoms with E-state index in [4.69, 9.17) is 0 Å². The number of nitrogens with one attached hydrogen (secondary N) is 1. The number of likely N-dealkylation sites (N-methyl/N-ethyl adjacent to an activating group) is 1. The fourth-order valence-corrected chi connectivity index (χ4v) is 3.41. The summed E-state index contributed by atoms with van der Waals surface area (Å²) >= 11 is 0. The molecule has 1 amide bonds. The van der Waals surface area contributed by atoms with Crippen LogP contribution in [0, 0.1) is 12.7 Å². The fraction of sp³-hybridized carbons (Fsp3) is 0.471. The number of fused-ring (bicyclic) bond motifs is 1. The molecule has 1 saturated heterocycles. The first-order valence-corrected chi connectivity index (χ1v) is 7.78. The summed E-state index contributed by atoms with van der Waals surface area (Å²) < 4.78 is 16.1. The first-order chi connectivity index (χ1) is 10.6. The van der Waals surface area contributed by atoms with Crippen LogP contribution in [-0.2, 0) is 4.79 Å². The number of carbonyl (C=O) groups is 1. The quantitative estimate of drug-likeness (QED) is 0.946. The highest BCUT2D eigenvalue weighted by Crippen LogP contribution is 2.30. The lowest BCUT2D eigenvalue weighted by atomic mass is 10.0. The van der Waals surface area contributed by atoms with Crippen LogP contribution in [0.4, 0.5) is 4.39 Å². The van der Waals surface area contributed by atoms with Crippen LogP contribution >= 0.6 is 0 Å². The van der Waals surface area contributed by atoms with Gasteiger partial charge in [-0.15, -0.1) is 0 Å². The molecule has 1 atom stereocenters. The van der Waals surface area contributed by atoms with Gasteiger partial charge in [-0.1, -0.05) is 6.07 Å². The summed E-state index contributed by atoms with van der Waals surface area (Å²) in [5.74, 6) is -0.127. The summed E-state index contributed by atoms with van der Waals surface area (Å²) in [7, 11) is 1.66. The van der Waals surface area contributed by atoms with E-state index in [9.17, 15) is 9.18 Å². The third-order valence-corrected chi connectivity index (χ3v) is 4.55. The molecule has 1 aromatic heterocycles. The summed E-state index contributed by atoms with van der Waals surface area (Å²) in [6.07, 6.45) is 4.09. The van der Waals surface area contributed by atoms with E-state index in [2.05, 4.69) is 14.8 Å². The predicted molar refractivity (Wildman–Crippen MR) is 85.4 cm³/mol. The Kier molecular flexibility index (Phi) is 4.16. The van der Waals surface area contributed by atoms with Crippen molar-refractivity contribution in [1.29, 1.82) is 0 Å². The molecule has 0 radical (unpaired) electrons. The van der Waals surface area contributed by atoms with Crippen molar-refractivity contribution in [3.05, 3.63) is 35.8 Å². The molecule has 4 nitrogen and oxygen atoms in total. The van der Waals surface area contributed by atoms with Gasteiger partial charge in [0.2, 0.25) is 5.91 Å². The van der Waals surface area contributed by atoms with Crippen molar-refractivity contribution < 1.29 is 9.18 Å². The lowest BCUT2D eigenvalue weighted by Gasteiger charge is -2.33. The molecule has 1 aromatic carbocycles. The van der Waals surface area contributed by atoms with E-state index in [0.29, 0.717) is 11.9 Å². The summed E-state index contributed by atoms with van der Waals surface area (Å²) in [5, 5.41) is 3.35. The molecule has 1 aliphatic rings. The number of rotatable bonds is 3. The summed E-state index contributed by atoms with van der Waals surface area (Å²) in [5.41, 5.74) is 2.07. The molecule has 0 saturated carbocycles. The maximum atomic E-state index is 14.0. The van der Waals surface area contributed by atoms with Gasteiger partial charge in [0.25, 0.3) is 0 Å². The zero-order valence-corrected chi connectivity index (χ0v) is 13.1. The molecule has 2 heterocycles. The van der Waals surface area contributed by atoms with Crippen LogP contribution in [0.25, 0.3) is 10.9 Å². The average molecular weight is 303 g/mol. The zero-order valence-electron chi connectivity index (χ0n) is 13.1. The van der Waals surface area contributed by atoms with Crippen molar-refractivity contribution in [2.45, 2.75) is 25.8 Å². The minimum absolute atomic E-state index is 0.0419. The third kappa shape index (κ3) is 2.73. The van der Waals surface area contributed by atoms with Gasteiger partial charge in [-0.25, -0.2) is 4.39 Å². The molecule has 118 valence electrons. The molecule has 3 rings (SSSR count). The van der Waals surface area contributed by atoms with Crippen molar-refractivity contribution in [3.63, 3.8) is 0 Å². The molecule has 22 heavy (non-hydrogen) atoms. The van der Waals surface area contributed by atoms with E-state index >= 15 is 0 Å². The monoisotopic (exact) mass is 303 g/mol. The Hall–Kier alpha value is -1.88. The summed E-state index contributed by atoms with van der Waals surface area (Å²) in [6.45, 7) is 4.21. The second-order valence-corrected chi connectivity index (χ2v) is 6.05. The molecular weight excluding hydrogens is 281 g/mol. The number of benzene rings is 1. The van der Waals surface area contributed by atoms with E-state index in [1.165, 1.54) is 6.07 Å². The maximum Gasteiger partial charge on any atom is 0.233 e. The van der Waals surface area contributed by atoms with Crippen molar-refractivity contribution in [3.8, 4) is 0 Å². The highest BCUT2D eigenvalue weighted by atomic mass is 19.1. The normalized spacial score (nSPS) is 19.5. The number of piperidine rings is 1. The SMILES string of the molecule is CNC(=O)CN1CCCC(n2ccc3c(F)ccc(C)c32)C1. The van der Waals surface area contributed by atoms with Crippen LogP contribution in [0.5, 0.6) is 0 Å². The van der Waals surface area contributed by atoms with E-state index in [-0.39, 0.29) is 17.8 Å². The number of hydrogen-bond acceptors (Lipinski definition) is 2.